The van der Waals surface area contributed by atoms with Gasteiger partial charge in [0.15, 0.2) is 0 Å². The van der Waals surface area contributed by atoms with E-state index in [1.807, 2.05) is 0 Å². The Kier molecular flexibility index (Phi) is 3.41. The second-order valence-corrected chi connectivity index (χ2v) is 3.01. The zero-order valence-electron chi connectivity index (χ0n) is 6.71. The van der Waals surface area contributed by atoms with Gasteiger partial charge >= 0.3 is 0 Å². The summed E-state index contributed by atoms with van der Waals surface area (Å²) in [7, 11) is 0. The predicted octanol–water partition coefficient (Wildman–Crippen LogP) is 0.513. The third-order valence-corrected chi connectivity index (χ3v) is 2.16. The van der Waals surface area contributed by atoms with Crippen molar-refractivity contribution < 1.29 is 5.11 Å². The van der Waals surface area contributed by atoms with Crippen LogP contribution in [-0.4, -0.2) is 23.8 Å². The topological polar surface area (TPSA) is 32.3 Å². The lowest BCUT2D eigenvalue weighted by atomic mass is 10.2. The Hall–Kier alpha value is -0.520. The molecule has 0 bridgehead atoms. The standard InChI is InChI=1S/C9H15NO/c1-2-3-7-10-8-5-4-6-9(8)11/h1,8-11H,3-7H2/t8-,9-/m0/s1. The van der Waals surface area contributed by atoms with E-state index in [-0.39, 0.29) is 6.10 Å². The van der Waals surface area contributed by atoms with Gasteiger partial charge in [-0.15, -0.1) is 12.3 Å². The van der Waals surface area contributed by atoms with Crippen LogP contribution in [0.1, 0.15) is 25.7 Å². The van der Waals surface area contributed by atoms with Gasteiger partial charge in [0.25, 0.3) is 0 Å². The van der Waals surface area contributed by atoms with Crippen molar-refractivity contribution in [3.63, 3.8) is 0 Å². The summed E-state index contributed by atoms with van der Waals surface area (Å²) < 4.78 is 0. The van der Waals surface area contributed by atoms with Crippen LogP contribution < -0.4 is 5.32 Å². The normalized spacial score (nSPS) is 30.2. The quantitative estimate of drug-likeness (QED) is 0.457. The van der Waals surface area contributed by atoms with E-state index in [2.05, 4.69) is 11.2 Å². The molecule has 62 valence electrons. The van der Waals surface area contributed by atoms with Gasteiger partial charge in [-0.1, -0.05) is 0 Å². The highest BCUT2D eigenvalue weighted by atomic mass is 16.3. The number of hydrogen-bond donors (Lipinski definition) is 2. The van der Waals surface area contributed by atoms with Crippen LogP contribution in [0.5, 0.6) is 0 Å². The fourth-order valence-electron chi connectivity index (χ4n) is 1.51. The van der Waals surface area contributed by atoms with E-state index in [1.165, 1.54) is 0 Å². The van der Waals surface area contributed by atoms with Gasteiger partial charge in [-0.2, -0.15) is 0 Å². The lowest BCUT2D eigenvalue weighted by Crippen LogP contribution is -2.35. The van der Waals surface area contributed by atoms with E-state index in [0.29, 0.717) is 6.04 Å². The number of hydrogen-bond acceptors (Lipinski definition) is 2. The summed E-state index contributed by atoms with van der Waals surface area (Å²) in [6.45, 7) is 0.832. The molecule has 11 heavy (non-hydrogen) atoms. The van der Waals surface area contributed by atoms with Gasteiger partial charge in [0, 0.05) is 19.0 Å². The van der Waals surface area contributed by atoms with Crippen molar-refractivity contribution >= 4 is 0 Å². The summed E-state index contributed by atoms with van der Waals surface area (Å²) in [5, 5.41) is 12.6. The van der Waals surface area contributed by atoms with E-state index in [4.69, 9.17) is 6.42 Å². The molecular formula is C9H15NO. The molecule has 0 aromatic heterocycles. The Morgan fingerprint density at radius 2 is 2.36 bits per heavy atom. The maximum atomic E-state index is 9.37. The molecular weight excluding hydrogens is 138 g/mol. The molecule has 0 aliphatic heterocycles. The zero-order chi connectivity index (χ0) is 8.10. The van der Waals surface area contributed by atoms with Crippen LogP contribution >= 0.6 is 0 Å². The van der Waals surface area contributed by atoms with Crippen molar-refractivity contribution in [2.45, 2.75) is 37.8 Å². The van der Waals surface area contributed by atoms with Crippen LogP contribution in [0.15, 0.2) is 0 Å². The van der Waals surface area contributed by atoms with Gasteiger partial charge in [0.2, 0.25) is 0 Å². The number of terminal acetylenes is 1. The Balaban J connectivity index is 2.11. The summed E-state index contributed by atoms with van der Waals surface area (Å²) >= 11 is 0. The van der Waals surface area contributed by atoms with E-state index < -0.39 is 0 Å². The molecule has 2 heteroatoms. The van der Waals surface area contributed by atoms with Crippen LogP contribution in [0.3, 0.4) is 0 Å². The minimum atomic E-state index is -0.146. The Morgan fingerprint density at radius 3 is 2.91 bits per heavy atom. The fourth-order valence-corrected chi connectivity index (χ4v) is 1.51. The number of aliphatic hydroxyl groups excluding tert-OH is 1. The lowest BCUT2D eigenvalue weighted by Gasteiger charge is -2.14. The van der Waals surface area contributed by atoms with E-state index in [9.17, 15) is 5.11 Å². The molecule has 2 atom stereocenters. The van der Waals surface area contributed by atoms with Crippen molar-refractivity contribution in [1.82, 2.24) is 5.32 Å². The van der Waals surface area contributed by atoms with E-state index >= 15 is 0 Å². The molecule has 2 N–H and O–H groups in total. The monoisotopic (exact) mass is 153 g/mol. The van der Waals surface area contributed by atoms with Crippen LogP contribution in [0.25, 0.3) is 0 Å². The second kappa shape index (κ2) is 4.38. The van der Waals surface area contributed by atoms with Gasteiger partial charge < -0.3 is 10.4 Å². The van der Waals surface area contributed by atoms with Crippen LogP contribution in [-0.2, 0) is 0 Å². The minimum Gasteiger partial charge on any atom is -0.392 e. The van der Waals surface area contributed by atoms with Gasteiger partial charge in [-0.3, -0.25) is 0 Å². The number of rotatable bonds is 3. The molecule has 0 heterocycles. The highest BCUT2D eigenvalue weighted by Gasteiger charge is 2.23. The third kappa shape index (κ3) is 2.53. The second-order valence-electron chi connectivity index (χ2n) is 3.01. The van der Waals surface area contributed by atoms with Crippen LogP contribution in [0.2, 0.25) is 0 Å². The predicted molar refractivity (Wildman–Crippen MR) is 45.1 cm³/mol. The maximum Gasteiger partial charge on any atom is 0.0693 e. The smallest absolute Gasteiger partial charge is 0.0693 e. The van der Waals surface area contributed by atoms with Gasteiger partial charge in [-0.05, 0) is 19.3 Å². The molecule has 0 unspecified atom stereocenters. The van der Waals surface area contributed by atoms with Crippen LogP contribution in [0, 0.1) is 12.3 Å². The molecule has 0 aromatic rings. The Bertz CT molecular complexity index is 150. The Morgan fingerprint density at radius 1 is 1.55 bits per heavy atom. The SMILES string of the molecule is C#CCCN[C@H]1CCC[C@@H]1O. The first kappa shape index (κ1) is 8.58. The van der Waals surface area contributed by atoms with E-state index in [0.717, 1.165) is 32.2 Å². The molecule has 1 aliphatic carbocycles. The molecule has 1 aliphatic rings. The molecule has 1 fully saturated rings. The molecule has 0 spiro atoms. The minimum absolute atomic E-state index is 0.146. The van der Waals surface area contributed by atoms with Gasteiger partial charge in [0.05, 0.1) is 6.10 Å². The molecule has 1 rings (SSSR count). The first-order chi connectivity index (χ1) is 5.34. The average molecular weight is 153 g/mol. The largest absolute Gasteiger partial charge is 0.392 e. The van der Waals surface area contributed by atoms with Gasteiger partial charge in [-0.25, -0.2) is 0 Å². The highest BCUT2D eigenvalue weighted by Crippen LogP contribution is 2.18. The third-order valence-electron chi connectivity index (χ3n) is 2.16. The van der Waals surface area contributed by atoms with Crippen molar-refractivity contribution in [2.24, 2.45) is 0 Å². The maximum absolute atomic E-state index is 9.37. The first-order valence-electron chi connectivity index (χ1n) is 4.19. The summed E-state index contributed by atoms with van der Waals surface area (Å²) in [6, 6.07) is 0.295. The summed E-state index contributed by atoms with van der Waals surface area (Å²) in [6.07, 6.45) is 8.86. The lowest BCUT2D eigenvalue weighted by molar-refractivity contribution is 0.150. The van der Waals surface area contributed by atoms with Crippen molar-refractivity contribution in [3.05, 3.63) is 0 Å². The van der Waals surface area contributed by atoms with Crippen molar-refractivity contribution in [3.8, 4) is 12.3 Å². The highest BCUT2D eigenvalue weighted by molar-refractivity contribution is 4.87. The van der Waals surface area contributed by atoms with Gasteiger partial charge in [0.1, 0.15) is 0 Å². The van der Waals surface area contributed by atoms with Crippen molar-refractivity contribution in [1.29, 1.82) is 0 Å². The summed E-state index contributed by atoms with van der Waals surface area (Å²) in [5.41, 5.74) is 0. The zero-order valence-corrected chi connectivity index (χ0v) is 6.71. The van der Waals surface area contributed by atoms with E-state index in [1.54, 1.807) is 0 Å². The number of aliphatic hydroxyl groups is 1. The fraction of sp³-hybridized carbons (Fsp3) is 0.778. The molecule has 0 aromatic carbocycles. The molecule has 0 saturated heterocycles. The molecule has 0 radical (unpaired) electrons. The summed E-state index contributed by atoms with van der Waals surface area (Å²) in [4.78, 5) is 0. The van der Waals surface area contributed by atoms with Crippen molar-refractivity contribution in [2.75, 3.05) is 6.54 Å². The molecule has 1 saturated carbocycles. The molecule has 2 nitrogen and oxygen atoms in total. The summed E-state index contributed by atoms with van der Waals surface area (Å²) in [5.74, 6) is 2.56. The molecule has 0 amide bonds. The first-order valence-corrected chi connectivity index (χ1v) is 4.19. The average Bonchev–Trinajstić information content (AvgIpc) is 2.37. The van der Waals surface area contributed by atoms with Crippen LogP contribution in [0.4, 0.5) is 0 Å². The Labute approximate surface area is 68.0 Å². The number of nitrogens with one attached hydrogen (secondary N) is 1.